The molecule has 3 rings (SSSR count). The summed E-state index contributed by atoms with van der Waals surface area (Å²) in [5, 5.41) is 4.10. The fourth-order valence-electron chi connectivity index (χ4n) is 3.53. The Balaban J connectivity index is 0.00000261. The van der Waals surface area contributed by atoms with Gasteiger partial charge in [0.25, 0.3) is 0 Å². The van der Waals surface area contributed by atoms with Crippen molar-refractivity contribution in [3.63, 3.8) is 0 Å². The number of benzene rings is 1. The molecule has 1 aliphatic rings. The molecule has 0 spiro atoms. The smallest absolute Gasteiger partial charge is 0.230 e. The third-order valence-corrected chi connectivity index (χ3v) is 5.28. The Morgan fingerprint density at radius 2 is 2.11 bits per heavy atom. The Labute approximate surface area is 172 Å². The highest BCUT2D eigenvalue weighted by molar-refractivity contribution is 6.30. The van der Waals surface area contributed by atoms with Crippen molar-refractivity contribution in [3.05, 3.63) is 64.9 Å². The summed E-state index contributed by atoms with van der Waals surface area (Å²) in [5.41, 5.74) is 1.89. The summed E-state index contributed by atoms with van der Waals surface area (Å²) in [4.78, 5) is 19.9. The Kier molecular flexibility index (Phi) is 8.55. The van der Waals surface area contributed by atoms with E-state index < -0.39 is 0 Å². The van der Waals surface area contributed by atoms with Gasteiger partial charge < -0.3 is 10.2 Å². The lowest BCUT2D eigenvalue weighted by Gasteiger charge is -2.33. The van der Waals surface area contributed by atoms with Gasteiger partial charge >= 0.3 is 0 Å². The molecule has 1 aromatic heterocycles. The summed E-state index contributed by atoms with van der Waals surface area (Å²) in [6.07, 6.45) is 4.87. The Bertz CT molecular complexity index is 718. The van der Waals surface area contributed by atoms with E-state index >= 15 is 0 Å². The molecule has 27 heavy (non-hydrogen) atoms. The molecular weight excluding hydrogens is 381 g/mol. The maximum atomic E-state index is 13.4. The summed E-state index contributed by atoms with van der Waals surface area (Å²) in [7, 11) is 0. The third kappa shape index (κ3) is 5.93. The SMILES string of the molecule is CC(C(=O)N(Cc1ccccn1)C1CCCNCC1)c1cccc(Cl)c1.Cl. The number of pyridine rings is 1. The first-order chi connectivity index (χ1) is 12.6. The van der Waals surface area contributed by atoms with Gasteiger partial charge in [-0.05, 0) is 69.1 Å². The van der Waals surface area contributed by atoms with Crippen molar-refractivity contribution >= 4 is 29.9 Å². The van der Waals surface area contributed by atoms with Crippen LogP contribution in [0.15, 0.2) is 48.7 Å². The second kappa shape index (κ2) is 10.6. The second-order valence-electron chi connectivity index (χ2n) is 6.90. The van der Waals surface area contributed by atoms with Crippen LogP contribution in [0.5, 0.6) is 0 Å². The minimum Gasteiger partial charge on any atom is -0.333 e. The van der Waals surface area contributed by atoms with Gasteiger partial charge in [-0.15, -0.1) is 12.4 Å². The van der Waals surface area contributed by atoms with E-state index in [2.05, 4.69) is 10.3 Å². The molecule has 1 saturated heterocycles. The van der Waals surface area contributed by atoms with Crippen LogP contribution in [0, 0.1) is 0 Å². The van der Waals surface area contributed by atoms with Crippen molar-refractivity contribution < 1.29 is 4.79 Å². The number of hydrogen-bond donors (Lipinski definition) is 1. The first kappa shape index (κ1) is 21.7. The van der Waals surface area contributed by atoms with Crippen molar-refractivity contribution in [2.45, 2.75) is 44.7 Å². The summed E-state index contributed by atoms with van der Waals surface area (Å²) in [6, 6.07) is 13.7. The average molecular weight is 408 g/mol. The van der Waals surface area contributed by atoms with Crippen molar-refractivity contribution in [1.29, 1.82) is 0 Å². The number of rotatable bonds is 5. The number of aromatic nitrogens is 1. The number of carbonyl (C=O) groups excluding carboxylic acids is 1. The van der Waals surface area contributed by atoms with Gasteiger partial charge in [0.05, 0.1) is 18.2 Å². The lowest BCUT2D eigenvalue weighted by atomic mass is 9.97. The highest BCUT2D eigenvalue weighted by atomic mass is 35.5. The van der Waals surface area contributed by atoms with Gasteiger partial charge in [0, 0.05) is 17.3 Å². The fourth-order valence-corrected chi connectivity index (χ4v) is 3.73. The van der Waals surface area contributed by atoms with Crippen molar-refractivity contribution in [2.24, 2.45) is 0 Å². The van der Waals surface area contributed by atoms with E-state index in [-0.39, 0.29) is 30.3 Å². The van der Waals surface area contributed by atoms with Crippen LogP contribution in [0.4, 0.5) is 0 Å². The van der Waals surface area contributed by atoms with Crippen LogP contribution in [0.2, 0.25) is 5.02 Å². The van der Waals surface area contributed by atoms with Crippen LogP contribution in [0.3, 0.4) is 0 Å². The molecule has 1 aromatic carbocycles. The van der Waals surface area contributed by atoms with E-state index in [1.807, 2.05) is 54.3 Å². The minimum absolute atomic E-state index is 0. The monoisotopic (exact) mass is 407 g/mol. The lowest BCUT2D eigenvalue weighted by Crippen LogP contribution is -2.42. The number of carbonyl (C=O) groups is 1. The molecule has 1 amide bonds. The Morgan fingerprint density at radius 1 is 1.26 bits per heavy atom. The number of halogens is 2. The molecule has 4 nitrogen and oxygen atoms in total. The van der Waals surface area contributed by atoms with E-state index in [9.17, 15) is 4.79 Å². The summed E-state index contributed by atoms with van der Waals surface area (Å²) >= 11 is 6.13. The van der Waals surface area contributed by atoms with Crippen LogP contribution < -0.4 is 5.32 Å². The van der Waals surface area contributed by atoms with Gasteiger partial charge in [0.15, 0.2) is 0 Å². The zero-order chi connectivity index (χ0) is 18.4. The van der Waals surface area contributed by atoms with Gasteiger partial charge in [0.1, 0.15) is 0 Å². The standard InChI is InChI=1S/C21H26ClN3O.ClH/c1-16(17-6-4-7-18(22)14-17)21(26)25(15-19-8-2-3-12-24-19)20-9-5-11-23-13-10-20;/h2-4,6-8,12,14,16,20,23H,5,9-11,13,15H2,1H3;1H. The van der Waals surface area contributed by atoms with Crippen molar-refractivity contribution in [2.75, 3.05) is 13.1 Å². The van der Waals surface area contributed by atoms with Crippen LogP contribution in [-0.2, 0) is 11.3 Å². The number of hydrogen-bond acceptors (Lipinski definition) is 3. The third-order valence-electron chi connectivity index (χ3n) is 5.05. The second-order valence-corrected chi connectivity index (χ2v) is 7.34. The quantitative estimate of drug-likeness (QED) is 0.796. The van der Waals surface area contributed by atoms with Crippen molar-refractivity contribution in [3.8, 4) is 0 Å². The average Bonchev–Trinajstić information content (AvgIpc) is 2.95. The van der Waals surface area contributed by atoms with E-state index in [1.54, 1.807) is 6.20 Å². The predicted octanol–water partition coefficient (Wildman–Crippen LogP) is 4.43. The molecule has 0 bridgehead atoms. The normalized spacial score (nSPS) is 18.1. The van der Waals surface area contributed by atoms with Crippen LogP contribution in [0.1, 0.15) is 43.4 Å². The van der Waals surface area contributed by atoms with E-state index in [4.69, 9.17) is 11.6 Å². The molecular formula is C21H27Cl2N3O. The summed E-state index contributed by atoms with van der Waals surface area (Å²) in [6.45, 7) is 4.48. The fraction of sp³-hybridized carbons (Fsp3) is 0.429. The molecule has 1 fully saturated rings. The van der Waals surface area contributed by atoms with Crippen LogP contribution in [-0.4, -0.2) is 34.9 Å². The number of nitrogens with one attached hydrogen (secondary N) is 1. The molecule has 2 heterocycles. The minimum atomic E-state index is -0.228. The topological polar surface area (TPSA) is 45.2 Å². The highest BCUT2D eigenvalue weighted by Gasteiger charge is 2.29. The van der Waals surface area contributed by atoms with Crippen molar-refractivity contribution in [1.82, 2.24) is 15.2 Å². The summed E-state index contributed by atoms with van der Waals surface area (Å²) in [5.74, 6) is -0.0848. The molecule has 2 aromatic rings. The lowest BCUT2D eigenvalue weighted by molar-refractivity contribution is -0.135. The molecule has 1 N–H and O–H groups in total. The Hall–Kier alpha value is -1.62. The number of amides is 1. The van der Waals surface area contributed by atoms with E-state index in [1.165, 1.54) is 0 Å². The van der Waals surface area contributed by atoms with Crippen LogP contribution in [0.25, 0.3) is 0 Å². The maximum absolute atomic E-state index is 13.4. The van der Waals surface area contributed by atoms with E-state index in [0.29, 0.717) is 11.6 Å². The highest BCUT2D eigenvalue weighted by Crippen LogP contribution is 2.25. The Morgan fingerprint density at radius 3 is 2.85 bits per heavy atom. The molecule has 0 radical (unpaired) electrons. The first-order valence-corrected chi connectivity index (χ1v) is 9.69. The van der Waals surface area contributed by atoms with Gasteiger partial charge in [-0.25, -0.2) is 0 Å². The molecule has 0 saturated carbocycles. The van der Waals surface area contributed by atoms with E-state index in [0.717, 1.165) is 43.6 Å². The van der Waals surface area contributed by atoms with Gasteiger partial charge in [-0.3, -0.25) is 9.78 Å². The zero-order valence-corrected chi connectivity index (χ0v) is 17.2. The molecule has 0 aliphatic carbocycles. The molecule has 146 valence electrons. The predicted molar refractivity (Wildman–Crippen MR) is 112 cm³/mol. The van der Waals surface area contributed by atoms with Gasteiger partial charge in [-0.2, -0.15) is 0 Å². The zero-order valence-electron chi connectivity index (χ0n) is 15.6. The molecule has 1 aliphatic heterocycles. The van der Waals surface area contributed by atoms with Gasteiger partial charge in [-0.1, -0.05) is 29.8 Å². The number of nitrogens with zero attached hydrogens (tertiary/aromatic N) is 2. The largest absolute Gasteiger partial charge is 0.333 e. The van der Waals surface area contributed by atoms with Gasteiger partial charge in [0.2, 0.25) is 5.91 Å². The molecule has 2 unspecified atom stereocenters. The van der Waals surface area contributed by atoms with Crippen LogP contribution >= 0.6 is 24.0 Å². The molecule has 2 atom stereocenters. The molecule has 6 heteroatoms. The maximum Gasteiger partial charge on any atom is 0.230 e. The first-order valence-electron chi connectivity index (χ1n) is 9.31. The summed E-state index contributed by atoms with van der Waals surface area (Å²) < 4.78 is 0.